The highest BCUT2D eigenvalue weighted by molar-refractivity contribution is 5.94. The summed E-state index contributed by atoms with van der Waals surface area (Å²) < 4.78 is 4.85. The molecule has 1 unspecified atom stereocenters. The van der Waals surface area contributed by atoms with Gasteiger partial charge in [0.05, 0.1) is 17.9 Å². The number of carbonyl (C=O) groups excluding carboxylic acids is 1. The van der Waals surface area contributed by atoms with Crippen molar-refractivity contribution in [3.63, 3.8) is 0 Å². The Balaban J connectivity index is 3.05. The lowest BCUT2D eigenvalue weighted by atomic mass is 10.1. The number of phenolic OH excluding ortho intramolecular Hbond substituents is 1. The zero-order valence-corrected chi connectivity index (χ0v) is 12.8. The summed E-state index contributed by atoms with van der Waals surface area (Å²) in [6.45, 7) is 4.63. The summed E-state index contributed by atoms with van der Waals surface area (Å²) in [6.07, 6.45) is 0. The largest absolute Gasteiger partial charge is 0.507 e. The summed E-state index contributed by atoms with van der Waals surface area (Å²) in [6, 6.07) is 4.84. The Hall–Kier alpha value is -2.26. The molecule has 114 valence electrons. The van der Waals surface area contributed by atoms with Crippen LogP contribution in [0.5, 0.6) is 5.75 Å². The molecule has 1 aromatic rings. The average Bonchev–Trinajstić information content (AvgIpc) is 2.38. The fraction of sp³-hybridized carbons (Fsp3) is 0.467. The number of hydrogen-bond donors (Lipinski definition) is 2. The fourth-order valence-corrected chi connectivity index (χ4v) is 2.03. The molecule has 0 heterocycles. The van der Waals surface area contributed by atoms with E-state index in [9.17, 15) is 15.2 Å². The Kier molecular flexibility index (Phi) is 6.00. The van der Waals surface area contributed by atoms with Crippen LogP contribution in [0.4, 0.5) is 5.69 Å². The maximum Gasteiger partial charge on any atom is 0.341 e. The monoisotopic (exact) mass is 291 g/mol. The van der Waals surface area contributed by atoms with Gasteiger partial charge in [0, 0.05) is 18.7 Å². The Labute approximate surface area is 124 Å². The predicted molar refractivity (Wildman–Crippen MR) is 80.4 cm³/mol. The van der Waals surface area contributed by atoms with Crippen molar-refractivity contribution in [2.45, 2.75) is 19.9 Å². The van der Waals surface area contributed by atoms with Gasteiger partial charge in [-0.3, -0.25) is 0 Å². The van der Waals surface area contributed by atoms with E-state index in [0.717, 1.165) is 6.54 Å². The van der Waals surface area contributed by atoms with E-state index in [2.05, 4.69) is 5.32 Å². The van der Waals surface area contributed by atoms with Crippen LogP contribution >= 0.6 is 0 Å². The summed E-state index contributed by atoms with van der Waals surface area (Å²) in [5.74, 6) is -0.841. The van der Waals surface area contributed by atoms with Crippen molar-refractivity contribution < 1.29 is 14.6 Å². The van der Waals surface area contributed by atoms with Gasteiger partial charge in [0.1, 0.15) is 17.4 Å². The Morgan fingerprint density at radius 2 is 2.19 bits per heavy atom. The standard InChI is InChI=1S/C15H21N3O3/c1-5-21-15(20)12-6-11(8-16)13(7-14(12)19)17-10(2)9-18(3)4/h6-7,10,17,19H,5,9H2,1-4H3. The van der Waals surface area contributed by atoms with Gasteiger partial charge < -0.3 is 20.1 Å². The normalized spacial score (nSPS) is 11.8. The van der Waals surface area contributed by atoms with E-state index in [0.29, 0.717) is 11.3 Å². The fourth-order valence-electron chi connectivity index (χ4n) is 2.03. The van der Waals surface area contributed by atoms with Gasteiger partial charge in [0.2, 0.25) is 0 Å². The van der Waals surface area contributed by atoms with Gasteiger partial charge in [0.25, 0.3) is 0 Å². The zero-order chi connectivity index (χ0) is 16.0. The number of nitriles is 1. The second kappa shape index (κ2) is 7.50. The van der Waals surface area contributed by atoms with Gasteiger partial charge in [-0.1, -0.05) is 0 Å². The van der Waals surface area contributed by atoms with E-state index < -0.39 is 5.97 Å². The number of phenols is 1. The number of esters is 1. The van der Waals surface area contributed by atoms with Gasteiger partial charge in [-0.15, -0.1) is 0 Å². The van der Waals surface area contributed by atoms with Gasteiger partial charge in [-0.25, -0.2) is 4.79 Å². The molecule has 0 fully saturated rings. The molecular weight excluding hydrogens is 270 g/mol. The van der Waals surface area contributed by atoms with Crippen LogP contribution in [0.3, 0.4) is 0 Å². The molecule has 0 amide bonds. The number of carbonyl (C=O) groups is 1. The molecule has 0 aliphatic heterocycles. The molecule has 6 heteroatoms. The number of nitrogens with one attached hydrogen (secondary N) is 1. The molecule has 0 spiro atoms. The van der Waals surface area contributed by atoms with Gasteiger partial charge in [-0.2, -0.15) is 5.26 Å². The highest BCUT2D eigenvalue weighted by Gasteiger charge is 2.17. The number of rotatable bonds is 6. The van der Waals surface area contributed by atoms with Crippen LogP contribution in [0.25, 0.3) is 0 Å². The van der Waals surface area contributed by atoms with Crippen LogP contribution in [-0.2, 0) is 4.74 Å². The van der Waals surface area contributed by atoms with Gasteiger partial charge in [0.15, 0.2) is 0 Å². The van der Waals surface area contributed by atoms with Crippen molar-refractivity contribution in [3.8, 4) is 11.8 Å². The molecule has 2 N–H and O–H groups in total. The Morgan fingerprint density at radius 1 is 1.52 bits per heavy atom. The molecule has 1 atom stereocenters. The first-order valence-corrected chi connectivity index (χ1v) is 6.74. The molecule has 1 rings (SSSR count). The van der Waals surface area contributed by atoms with E-state index in [-0.39, 0.29) is 24.0 Å². The first kappa shape index (κ1) is 16.8. The number of hydrogen-bond acceptors (Lipinski definition) is 6. The molecule has 6 nitrogen and oxygen atoms in total. The van der Waals surface area contributed by atoms with E-state index >= 15 is 0 Å². The lowest BCUT2D eigenvalue weighted by molar-refractivity contribution is 0.0523. The molecule has 1 aromatic carbocycles. The smallest absolute Gasteiger partial charge is 0.341 e. The van der Waals surface area contributed by atoms with E-state index in [1.165, 1.54) is 12.1 Å². The van der Waals surface area contributed by atoms with Crippen molar-refractivity contribution in [3.05, 3.63) is 23.3 Å². The summed E-state index contributed by atoms with van der Waals surface area (Å²) in [7, 11) is 3.90. The number of anilines is 1. The molecule has 0 radical (unpaired) electrons. The van der Waals surface area contributed by atoms with Crippen LogP contribution in [0, 0.1) is 11.3 Å². The number of ether oxygens (including phenoxy) is 1. The molecule has 0 saturated heterocycles. The minimum Gasteiger partial charge on any atom is -0.507 e. The highest BCUT2D eigenvalue weighted by Crippen LogP contribution is 2.27. The topological polar surface area (TPSA) is 85.6 Å². The second-order valence-corrected chi connectivity index (χ2v) is 5.05. The van der Waals surface area contributed by atoms with Crippen LogP contribution in [0.1, 0.15) is 29.8 Å². The lowest BCUT2D eigenvalue weighted by Crippen LogP contribution is -2.29. The second-order valence-electron chi connectivity index (χ2n) is 5.05. The van der Waals surface area contributed by atoms with Gasteiger partial charge >= 0.3 is 5.97 Å². The number of likely N-dealkylation sites (N-methyl/N-ethyl adjacent to an activating group) is 1. The maximum atomic E-state index is 11.7. The summed E-state index contributed by atoms with van der Waals surface area (Å²) in [5.41, 5.74) is 0.790. The summed E-state index contributed by atoms with van der Waals surface area (Å²) in [4.78, 5) is 13.7. The summed E-state index contributed by atoms with van der Waals surface area (Å²) >= 11 is 0. The third-order valence-corrected chi connectivity index (χ3v) is 2.79. The van der Waals surface area contributed by atoms with E-state index in [4.69, 9.17) is 4.74 Å². The average molecular weight is 291 g/mol. The number of aromatic hydroxyl groups is 1. The van der Waals surface area contributed by atoms with E-state index in [1.807, 2.05) is 32.0 Å². The highest BCUT2D eigenvalue weighted by atomic mass is 16.5. The molecule has 21 heavy (non-hydrogen) atoms. The third-order valence-electron chi connectivity index (χ3n) is 2.79. The van der Waals surface area contributed by atoms with Crippen LogP contribution in [-0.4, -0.2) is 49.3 Å². The van der Waals surface area contributed by atoms with Crippen molar-refractivity contribution in [1.29, 1.82) is 5.26 Å². The van der Waals surface area contributed by atoms with Crippen molar-refractivity contribution in [1.82, 2.24) is 4.90 Å². The van der Waals surface area contributed by atoms with E-state index in [1.54, 1.807) is 6.92 Å². The van der Waals surface area contributed by atoms with Crippen LogP contribution in [0.2, 0.25) is 0 Å². The van der Waals surface area contributed by atoms with Crippen molar-refractivity contribution in [2.24, 2.45) is 0 Å². The zero-order valence-electron chi connectivity index (χ0n) is 12.8. The maximum absolute atomic E-state index is 11.7. The number of benzene rings is 1. The van der Waals surface area contributed by atoms with Crippen molar-refractivity contribution in [2.75, 3.05) is 32.6 Å². The van der Waals surface area contributed by atoms with Crippen molar-refractivity contribution >= 4 is 11.7 Å². The Bertz CT molecular complexity index is 550. The minimum absolute atomic E-state index is 0.000729. The van der Waals surface area contributed by atoms with Crippen LogP contribution in [0.15, 0.2) is 12.1 Å². The Morgan fingerprint density at radius 3 is 2.71 bits per heavy atom. The summed E-state index contributed by atoms with van der Waals surface area (Å²) in [5, 5.41) is 22.3. The first-order chi connectivity index (χ1) is 9.88. The first-order valence-electron chi connectivity index (χ1n) is 6.74. The molecule has 0 bridgehead atoms. The third kappa shape index (κ3) is 4.65. The number of nitrogens with zero attached hydrogens (tertiary/aromatic N) is 2. The lowest BCUT2D eigenvalue weighted by Gasteiger charge is -2.20. The predicted octanol–water partition coefficient (Wildman–Crippen LogP) is 1.80. The molecule has 0 saturated carbocycles. The molecule has 0 aliphatic carbocycles. The minimum atomic E-state index is -0.639. The quantitative estimate of drug-likeness (QED) is 0.777. The van der Waals surface area contributed by atoms with Gasteiger partial charge in [-0.05, 0) is 34.0 Å². The molecular formula is C15H21N3O3. The molecule has 0 aliphatic rings. The van der Waals surface area contributed by atoms with Crippen LogP contribution < -0.4 is 5.32 Å². The molecule has 0 aromatic heterocycles. The SMILES string of the molecule is CCOC(=O)c1cc(C#N)c(NC(C)CN(C)C)cc1O.